The number of amides is 2. The number of nitrogens with zero attached hydrogens (tertiary/aromatic N) is 3. The van der Waals surface area contributed by atoms with Gasteiger partial charge in [-0.2, -0.15) is 0 Å². The zero-order valence-electron chi connectivity index (χ0n) is 20.0. The van der Waals surface area contributed by atoms with Crippen LogP contribution >= 0.6 is 0 Å². The van der Waals surface area contributed by atoms with E-state index in [0.717, 1.165) is 12.8 Å². The monoisotopic (exact) mass is 496 g/mol. The van der Waals surface area contributed by atoms with Gasteiger partial charge < -0.3 is 30.8 Å². The van der Waals surface area contributed by atoms with Gasteiger partial charge in [-0.25, -0.2) is 19.2 Å². The summed E-state index contributed by atoms with van der Waals surface area (Å²) in [5.41, 5.74) is 9.20. The number of likely N-dealkylation sites (tertiary alicyclic amines) is 1. The summed E-state index contributed by atoms with van der Waals surface area (Å²) in [6, 6.07) is 2.86. The fourth-order valence-electron chi connectivity index (χ4n) is 4.63. The molecule has 2 aromatic heterocycles. The Morgan fingerprint density at radius 3 is 2.67 bits per heavy atom. The molecular formula is C25H29FN6O4. The lowest BCUT2D eigenvalue weighted by Gasteiger charge is -2.30. The summed E-state index contributed by atoms with van der Waals surface area (Å²) in [6.45, 7) is 3.05. The number of aromatic nitrogens is 3. The van der Waals surface area contributed by atoms with Gasteiger partial charge >= 0.3 is 6.09 Å². The van der Waals surface area contributed by atoms with E-state index in [1.54, 1.807) is 13.0 Å². The molecule has 3 heterocycles. The predicted molar refractivity (Wildman–Crippen MR) is 130 cm³/mol. The number of ether oxygens (including phenoxy) is 1. The highest BCUT2D eigenvalue weighted by molar-refractivity contribution is 6.09. The lowest BCUT2D eigenvalue weighted by atomic mass is 10.0. The summed E-state index contributed by atoms with van der Waals surface area (Å²) in [6.07, 6.45) is 3.71. The second-order valence-electron chi connectivity index (χ2n) is 9.49. The molecule has 3 aromatic rings. The summed E-state index contributed by atoms with van der Waals surface area (Å²) < 4.78 is 20.6. The molecule has 190 valence electrons. The molecule has 1 aliphatic heterocycles. The number of hydrogen-bond donors (Lipinski definition) is 4. The van der Waals surface area contributed by atoms with Crippen molar-refractivity contribution in [3.05, 3.63) is 41.1 Å². The van der Waals surface area contributed by atoms with Gasteiger partial charge in [-0.15, -0.1) is 0 Å². The van der Waals surface area contributed by atoms with Crippen LogP contribution in [0.4, 0.5) is 9.18 Å². The molecule has 0 bridgehead atoms. The van der Waals surface area contributed by atoms with Crippen molar-refractivity contribution in [1.29, 1.82) is 0 Å². The standard InChI is InChI=1S/C25H29FN6O4/c1-13-20(24(33)31-16-4-6-32(7-5-16)25(34)35)22-23(30-13)21(28-12-29-22)17-8-15(10-27)18(26)9-19(17)36-11-14-2-3-14/h8-9,12,14,16,30H,2-7,10-11,27H2,1H3,(H,31,33)(H,34,35). The van der Waals surface area contributed by atoms with E-state index in [1.807, 2.05) is 0 Å². The van der Waals surface area contributed by atoms with Crippen LogP contribution in [0, 0.1) is 18.7 Å². The Morgan fingerprint density at radius 1 is 1.25 bits per heavy atom. The van der Waals surface area contributed by atoms with Crippen molar-refractivity contribution in [3.63, 3.8) is 0 Å². The van der Waals surface area contributed by atoms with Crippen molar-refractivity contribution in [1.82, 2.24) is 25.2 Å². The minimum atomic E-state index is -0.949. The van der Waals surface area contributed by atoms with Crippen LogP contribution in [0.15, 0.2) is 18.5 Å². The van der Waals surface area contributed by atoms with Crippen molar-refractivity contribution in [3.8, 4) is 17.0 Å². The smallest absolute Gasteiger partial charge is 0.407 e. The van der Waals surface area contributed by atoms with Gasteiger partial charge in [0.2, 0.25) is 0 Å². The average Bonchev–Trinajstić information content (AvgIpc) is 3.62. The van der Waals surface area contributed by atoms with E-state index in [1.165, 1.54) is 17.3 Å². The summed E-state index contributed by atoms with van der Waals surface area (Å²) >= 11 is 0. The average molecular weight is 497 g/mol. The molecule has 5 rings (SSSR count). The number of H-pyrrole nitrogens is 1. The molecule has 1 saturated carbocycles. The molecule has 1 aliphatic carbocycles. The van der Waals surface area contributed by atoms with E-state index in [-0.39, 0.29) is 18.5 Å². The molecule has 5 N–H and O–H groups in total. The lowest BCUT2D eigenvalue weighted by Crippen LogP contribution is -2.46. The molecule has 0 unspecified atom stereocenters. The van der Waals surface area contributed by atoms with E-state index in [2.05, 4.69) is 20.3 Å². The summed E-state index contributed by atoms with van der Waals surface area (Å²) in [7, 11) is 0. The molecule has 36 heavy (non-hydrogen) atoms. The number of nitrogens with one attached hydrogen (secondary N) is 2. The third-order valence-corrected chi connectivity index (χ3v) is 6.89. The van der Waals surface area contributed by atoms with Crippen LogP contribution in [0.1, 0.15) is 47.3 Å². The fraction of sp³-hybridized carbons (Fsp3) is 0.440. The fourth-order valence-corrected chi connectivity index (χ4v) is 4.63. The van der Waals surface area contributed by atoms with Gasteiger partial charge in [-0.3, -0.25) is 4.79 Å². The second kappa shape index (κ2) is 9.73. The van der Waals surface area contributed by atoms with Crippen LogP contribution in [-0.2, 0) is 6.54 Å². The first-order valence-electron chi connectivity index (χ1n) is 12.1. The maximum Gasteiger partial charge on any atom is 0.407 e. The van der Waals surface area contributed by atoms with Crippen molar-refractivity contribution >= 4 is 23.0 Å². The normalized spacial score (nSPS) is 16.4. The second-order valence-corrected chi connectivity index (χ2v) is 9.49. The highest BCUT2D eigenvalue weighted by atomic mass is 19.1. The summed E-state index contributed by atoms with van der Waals surface area (Å²) in [5, 5.41) is 12.2. The number of nitrogens with two attached hydrogens (primary N) is 1. The first kappa shape index (κ1) is 24.0. The Labute approximate surface area is 207 Å². The largest absolute Gasteiger partial charge is 0.492 e. The molecule has 2 fully saturated rings. The van der Waals surface area contributed by atoms with Crippen LogP contribution in [0.2, 0.25) is 0 Å². The van der Waals surface area contributed by atoms with Crippen molar-refractivity contribution in [2.24, 2.45) is 11.7 Å². The molecule has 1 aromatic carbocycles. The molecule has 2 aliphatic rings. The Morgan fingerprint density at radius 2 is 2.00 bits per heavy atom. The number of piperidine rings is 1. The number of carboxylic acid groups (broad SMARTS) is 1. The minimum absolute atomic E-state index is 0.0219. The molecule has 10 nitrogen and oxygen atoms in total. The third kappa shape index (κ3) is 4.70. The van der Waals surface area contributed by atoms with E-state index in [4.69, 9.17) is 15.6 Å². The molecule has 0 radical (unpaired) electrons. The van der Waals surface area contributed by atoms with Crippen molar-refractivity contribution in [2.75, 3.05) is 19.7 Å². The zero-order chi connectivity index (χ0) is 25.4. The van der Waals surface area contributed by atoms with Gasteiger partial charge in [0.1, 0.15) is 29.1 Å². The molecule has 1 saturated heterocycles. The predicted octanol–water partition coefficient (Wildman–Crippen LogP) is 3.19. The van der Waals surface area contributed by atoms with E-state index >= 15 is 0 Å². The van der Waals surface area contributed by atoms with Crippen LogP contribution in [-0.4, -0.2) is 62.7 Å². The van der Waals surface area contributed by atoms with E-state index < -0.39 is 11.9 Å². The lowest BCUT2D eigenvalue weighted by molar-refractivity contribution is 0.0908. The number of rotatable bonds is 7. The van der Waals surface area contributed by atoms with Crippen molar-refractivity contribution in [2.45, 2.75) is 45.2 Å². The number of fused-ring (bicyclic) bond motifs is 1. The quantitative estimate of drug-likeness (QED) is 0.393. The number of carbonyl (C=O) groups is 2. The number of aromatic amines is 1. The number of carbonyl (C=O) groups excluding carboxylic acids is 1. The Kier molecular flexibility index (Phi) is 6.48. The van der Waals surface area contributed by atoms with Gasteiger partial charge in [-0.1, -0.05) is 0 Å². The van der Waals surface area contributed by atoms with E-state index in [9.17, 15) is 14.0 Å². The maximum atomic E-state index is 14.6. The summed E-state index contributed by atoms with van der Waals surface area (Å²) in [5.74, 6) is 0.129. The third-order valence-electron chi connectivity index (χ3n) is 6.89. The first-order valence-corrected chi connectivity index (χ1v) is 12.1. The molecule has 11 heteroatoms. The van der Waals surface area contributed by atoms with E-state index in [0.29, 0.717) is 83.3 Å². The van der Waals surface area contributed by atoms with Crippen LogP contribution in [0.25, 0.3) is 22.3 Å². The van der Waals surface area contributed by atoms with Gasteiger partial charge in [-0.05, 0) is 44.6 Å². The van der Waals surface area contributed by atoms with Crippen LogP contribution in [0.3, 0.4) is 0 Å². The Hall–Kier alpha value is -3.73. The minimum Gasteiger partial charge on any atom is -0.492 e. The van der Waals surface area contributed by atoms with Crippen molar-refractivity contribution < 1.29 is 23.8 Å². The highest BCUT2D eigenvalue weighted by Crippen LogP contribution is 2.38. The van der Waals surface area contributed by atoms with Gasteiger partial charge in [0.15, 0.2) is 0 Å². The molecule has 0 atom stereocenters. The summed E-state index contributed by atoms with van der Waals surface area (Å²) in [4.78, 5) is 37.8. The number of aryl methyl sites for hydroxylation is 1. The van der Waals surface area contributed by atoms with Crippen LogP contribution < -0.4 is 15.8 Å². The molecule has 0 spiro atoms. The zero-order valence-corrected chi connectivity index (χ0v) is 20.0. The number of hydrogen-bond acceptors (Lipinski definition) is 6. The maximum absolute atomic E-state index is 14.6. The van der Waals surface area contributed by atoms with Gasteiger partial charge in [0.25, 0.3) is 5.91 Å². The number of benzene rings is 1. The van der Waals surface area contributed by atoms with Gasteiger partial charge in [0.05, 0.1) is 17.7 Å². The highest BCUT2D eigenvalue weighted by Gasteiger charge is 2.28. The Balaban J connectivity index is 1.47. The van der Waals surface area contributed by atoms with Gasteiger partial charge in [0, 0.05) is 48.6 Å². The molecular weight excluding hydrogens is 467 g/mol. The first-order chi connectivity index (χ1) is 17.4. The topological polar surface area (TPSA) is 146 Å². The SMILES string of the molecule is Cc1[nH]c2c(-c3cc(CN)c(F)cc3OCC3CC3)ncnc2c1C(=O)NC1CCN(C(=O)O)CC1. The van der Waals surface area contributed by atoms with Crippen LogP contribution in [0.5, 0.6) is 5.75 Å². The Bertz CT molecular complexity index is 1310. The number of halogens is 1. The molecule has 2 amide bonds.